The second-order valence-electron chi connectivity index (χ2n) is 4.91. The number of nitrogens with two attached hydrogens (primary N) is 1. The molecule has 0 aliphatic rings. The molecule has 0 radical (unpaired) electrons. The summed E-state index contributed by atoms with van der Waals surface area (Å²) >= 11 is 0. The van der Waals surface area contributed by atoms with Crippen LogP contribution >= 0.6 is 0 Å². The fourth-order valence-corrected chi connectivity index (χ4v) is 2.16. The largest absolute Gasteiger partial charge is 0.497 e. The summed E-state index contributed by atoms with van der Waals surface area (Å²) in [6, 6.07) is 12.0. The molecule has 2 N–H and O–H groups in total. The Morgan fingerprint density at radius 2 is 1.95 bits per heavy atom. The van der Waals surface area contributed by atoms with E-state index >= 15 is 0 Å². The van der Waals surface area contributed by atoms with Crippen LogP contribution in [0.15, 0.2) is 42.6 Å². The number of pyridine rings is 1. The van der Waals surface area contributed by atoms with Crippen LogP contribution in [0, 0.1) is 0 Å². The van der Waals surface area contributed by atoms with E-state index in [4.69, 9.17) is 10.5 Å². The Hall–Kier alpha value is -2.07. The van der Waals surface area contributed by atoms with Gasteiger partial charge >= 0.3 is 0 Å². The Kier molecular flexibility index (Phi) is 4.58. The molecule has 0 fully saturated rings. The molecule has 0 unspecified atom stereocenters. The second kappa shape index (κ2) is 6.39. The van der Waals surface area contributed by atoms with Gasteiger partial charge in [0, 0.05) is 31.4 Å². The van der Waals surface area contributed by atoms with Gasteiger partial charge in [0.1, 0.15) is 11.6 Å². The van der Waals surface area contributed by atoms with Gasteiger partial charge < -0.3 is 15.4 Å². The summed E-state index contributed by atoms with van der Waals surface area (Å²) in [5.74, 6) is 1.80. The van der Waals surface area contributed by atoms with E-state index in [0.717, 1.165) is 23.7 Å². The summed E-state index contributed by atoms with van der Waals surface area (Å²) < 4.78 is 5.17. The van der Waals surface area contributed by atoms with Gasteiger partial charge in [0.2, 0.25) is 0 Å². The molecular weight excluding hydrogens is 250 g/mol. The molecule has 0 aliphatic carbocycles. The first-order chi connectivity index (χ1) is 9.61. The number of hydrogen-bond acceptors (Lipinski definition) is 4. The molecule has 1 aromatic carbocycles. The van der Waals surface area contributed by atoms with E-state index < -0.39 is 0 Å². The SMILES string of the molecule is COc1ccc(CN(C)c2ncccc2[C@H](C)N)cc1. The molecule has 4 heteroatoms. The average Bonchev–Trinajstić information content (AvgIpc) is 2.48. The van der Waals surface area contributed by atoms with Crippen LogP contribution in [0.5, 0.6) is 5.75 Å². The maximum absolute atomic E-state index is 6.00. The van der Waals surface area contributed by atoms with E-state index in [0.29, 0.717) is 0 Å². The Labute approximate surface area is 120 Å². The fourth-order valence-electron chi connectivity index (χ4n) is 2.16. The minimum atomic E-state index is -0.0305. The Balaban J connectivity index is 2.17. The third-order valence-electron chi connectivity index (χ3n) is 3.25. The first-order valence-corrected chi connectivity index (χ1v) is 6.66. The lowest BCUT2D eigenvalue weighted by molar-refractivity contribution is 0.414. The molecule has 2 rings (SSSR count). The fraction of sp³-hybridized carbons (Fsp3) is 0.312. The van der Waals surface area contributed by atoms with Gasteiger partial charge in [0.15, 0.2) is 0 Å². The molecule has 0 saturated carbocycles. The summed E-state index contributed by atoms with van der Waals surface area (Å²) in [6.45, 7) is 2.75. The zero-order valence-corrected chi connectivity index (χ0v) is 12.2. The van der Waals surface area contributed by atoms with Crippen molar-refractivity contribution in [2.24, 2.45) is 5.73 Å². The number of methoxy groups -OCH3 is 1. The van der Waals surface area contributed by atoms with E-state index in [9.17, 15) is 0 Å². The van der Waals surface area contributed by atoms with Gasteiger partial charge in [-0.1, -0.05) is 18.2 Å². The lowest BCUT2D eigenvalue weighted by atomic mass is 10.1. The molecule has 2 aromatic rings. The van der Waals surface area contributed by atoms with Crippen molar-refractivity contribution in [2.75, 3.05) is 19.1 Å². The lowest BCUT2D eigenvalue weighted by Crippen LogP contribution is -2.21. The van der Waals surface area contributed by atoms with Gasteiger partial charge in [0.25, 0.3) is 0 Å². The Bertz CT molecular complexity index is 552. The molecule has 0 bridgehead atoms. The summed E-state index contributed by atoms with van der Waals surface area (Å²) in [7, 11) is 3.70. The number of rotatable bonds is 5. The predicted molar refractivity (Wildman–Crippen MR) is 81.9 cm³/mol. The Morgan fingerprint density at radius 3 is 2.55 bits per heavy atom. The van der Waals surface area contributed by atoms with Gasteiger partial charge in [-0.05, 0) is 30.7 Å². The Morgan fingerprint density at radius 1 is 1.25 bits per heavy atom. The monoisotopic (exact) mass is 271 g/mol. The van der Waals surface area contributed by atoms with Crippen molar-refractivity contribution in [1.82, 2.24) is 4.98 Å². The molecule has 4 nitrogen and oxygen atoms in total. The summed E-state index contributed by atoms with van der Waals surface area (Å²) in [5.41, 5.74) is 8.26. The zero-order valence-electron chi connectivity index (χ0n) is 12.2. The molecule has 0 aliphatic heterocycles. The highest BCUT2D eigenvalue weighted by molar-refractivity contribution is 5.48. The lowest BCUT2D eigenvalue weighted by Gasteiger charge is -2.22. The van der Waals surface area contributed by atoms with E-state index in [-0.39, 0.29) is 6.04 Å². The number of benzene rings is 1. The smallest absolute Gasteiger partial charge is 0.133 e. The highest BCUT2D eigenvalue weighted by Gasteiger charge is 2.12. The van der Waals surface area contributed by atoms with Crippen LogP contribution in [-0.4, -0.2) is 19.1 Å². The summed E-state index contributed by atoms with van der Waals surface area (Å²) in [4.78, 5) is 6.56. The summed E-state index contributed by atoms with van der Waals surface area (Å²) in [5, 5.41) is 0. The van der Waals surface area contributed by atoms with Crippen molar-refractivity contribution in [3.8, 4) is 5.75 Å². The van der Waals surface area contributed by atoms with Crippen molar-refractivity contribution in [3.63, 3.8) is 0 Å². The van der Waals surface area contributed by atoms with Gasteiger partial charge in [-0.15, -0.1) is 0 Å². The van der Waals surface area contributed by atoms with Crippen LogP contribution in [0.1, 0.15) is 24.1 Å². The quantitative estimate of drug-likeness (QED) is 0.908. The average molecular weight is 271 g/mol. The van der Waals surface area contributed by atoms with E-state index in [1.54, 1.807) is 13.3 Å². The van der Waals surface area contributed by atoms with Gasteiger partial charge in [-0.2, -0.15) is 0 Å². The number of hydrogen-bond donors (Lipinski definition) is 1. The van der Waals surface area contributed by atoms with Crippen molar-refractivity contribution in [2.45, 2.75) is 19.5 Å². The summed E-state index contributed by atoms with van der Waals surface area (Å²) in [6.07, 6.45) is 1.80. The highest BCUT2D eigenvalue weighted by Crippen LogP contribution is 2.23. The van der Waals surface area contributed by atoms with Crippen molar-refractivity contribution >= 4 is 5.82 Å². The van der Waals surface area contributed by atoms with Gasteiger partial charge in [-0.25, -0.2) is 4.98 Å². The molecule has 106 valence electrons. The third-order valence-corrected chi connectivity index (χ3v) is 3.25. The number of aromatic nitrogens is 1. The third kappa shape index (κ3) is 3.27. The molecule has 1 aromatic heterocycles. The van der Waals surface area contributed by atoms with Crippen LogP contribution in [0.2, 0.25) is 0 Å². The van der Waals surface area contributed by atoms with Crippen LogP contribution in [0.4, 0.5) is 5.82 Å². The second-order valence-corrected chi connectivity index (χ2v) is 4.91. The normalized spacial score (nSPS) is 12.0. The maximum Gasteiger partial charge on any atom is 0.133 e. The minimum absolute atomic E-state index is 0.0305. The van der Waals surface area contributed by atoms with Crippen molar-refractivity contribution in [1.29, 1.82) is 0 Å². The zero-order chi connectivity index (χ0) is 14.5. The molecule has 1 heterocycles. The number of nitrogens with zero attached hydrogens (tertiary/aromatic N) is 2. The van der Waals surface area contributed by atoms with Gasteiger partial charge in [0.05, 0.1) is 7.11 Å². The number of anilines is 1. The van der Waals surface area contributed by atoms with Gasteiger partial charge in [-0.3, -0.25) is 0 Å². The standard InChI is InChI=1S/C16H21N3O/c1-12(17)15-5-4-10-18-16(15)19(2)11-13-6-8-14(20-3)9-7-13/h4-10,12H,11,17H2,1-3H3/t12-/m0/s1. The van der Waals surface area contributed by atoms with Crippen LogP contribution in [-0.2, 0) is 6.54 Å². The van der Waals surface area contributed by atoms with Crippen LogP contribution < -0.4 is 15.4 Å². The molecule has 0 saturated heterocycles. The molecular formula is C16H21N3O. The van der Waals surface area contributed by atoms with Crippen LogP contribution in [0.25, 0.3) is 0 Å². The highest BCUT2D eigenvalue weighted by atomic mass is 16.5. The van der Waals surface area contributed by atoms with Crippen molar-refractivity contribution < 1.29 is 4.74 Å². The molecule has 0 spiro atoms. The van der Waals surface area contributed by atoms with Crippen molar-refractivity contribution in [3.05, 3.63) is 53.7 Å². The first kappa shape index (κ1) is 14.3. The van der Waals surface area contributed by atoms with E-state index in [1.165, 1.54) is 5.56 Å². The minimum Gasteiger partial charge on any atom is -0.497 e. The van der Waals surface area contributed by atoms with Crippen LogP contribution in [0.3, 0.4) is 0 Å². The van der Waals surface area contributed by atoms with E-state index in [2.05, 4.69) is 22.0 Å². The topological polar surface area (TPSA) is 51.4 Å². The van der Waals surface area contributed by atoms with E-state index in [1.807, 2.05) is 38.2 Å². The predicted octanol–water partition coefficient (Wildman–Crippen LogP) is 2.75. The molecule has 0 amide bonds. The maximum atomic E-state index is 6.00. The number of ether oxygens (including phenoxy) is 1. The first-order valence-electron chi connectivity index (χ1n) is 6.66. The molecule has 1 atom stereocenters. The molecule has 20 heavy (non-hydrogen) atoms.